The topological polar surface area (TPSA) is 59.9 Å². The van der Waals surface area contributed by atoms with Gasteiger partial charge in [-0.25, -0.2) is 5.43 Å². The van der Waals surface area contributed by atoms with Crippen molar-refractivity contribution < 1.29 is 14.3 Å². The van der Waals surface area contributed by atoms with Crippen molar-refractivity contribution in [2.75, 3.05) is 6.61 Å². The highest BCUT2D eigenvalue weighted by atomic mass is 32.1. The summed E-state index contributed by atoms with van der Waals surface area (Å²) < 4.78 is 11.1. The van der Waals surface area contributed by atoms with Gasteiger partial charge in [0.1, 0.15) is 6.61 Å². The minimum atomic E-state index is -0.692. The maximum atomic E-state index is 12.0. The van der Waals surface area contributed by atoms with Gasteiger partial charge in [-0.2, -0.15) is 5.10 Å². The number of carbonyl (C=O) groups is 1. The van der Waals surface area contributed by atoms with Crippen molar-refractivity contribution in [3.8, 4) is 11.5 Å². The van der Waals surface area contributed by atoms with E-state index in [0.717, 1.165) is 4.88 Å². The Kier molecular flexibility index (Phi) is 3.87. The minimum Gasteiger partial charge on any atom is -0.485 e. The Morgan fingerprint density at radius 2 is 2.14 bits per heavy atom. The average Bonchev–Trinajstić information content (AvgIpc) is 2.92. The van der Waals surface area contributed by atoms with Crippen LogP contribution in [-0.4, -0.2) is 24.8 Å². The van der Waals surface area contributed by atoms with Crippen LogP contribution in [0.1, 0.15) is 9.75 Å². The largest absolute Gasteiger partial charge is 0.485 e. The van der Waals surface area contributed by atoms with Crippen LogP contribution in [0.3, 0.4) is 0 Å². The predicted octanol–water partition coefficient (Wildman–Crippen LogP) is 2.35. The predicted molar refractivity (Wildman–Crippen MR) is 81.1 cm³/mol. The van der Waals surface area contributed by atoms with Gasteiger partial charge in [0.15, 0.2) is 11.5 Å². The molecule has 1 aromatic carbocycles. The van der Waals surface area contributed by atoms with Gasteiger partial charge < -0.3 is 9.47 Å². The van der Waals surface area contributed by atoms with Gasteiger partial charge in [-0.3, -0.25) is 4.79 Å². The molecule has 0 unspecified atom stereocenters. The lowest BCUT2D eigenvalue weighted by atomic mass is 10.2. The van der Waals surface area contributed by atoms with Crippen LogP contribution in [-0.2, 0) is 4.79 Å². The number of nitrogens with zero attached hydrogens (tertiary/aromatic N) is 1. The SMILES string of the molecule is Cc1ccc(/C=N\NC(=O)[C@@H]2COc3ccccc3O2)s1. The van der Waals surface area contributed by atoms with Crippen molar-refractivity contribution in [3.05, 3.63) is 46.2 Å². The van der Waals surface area contributed by atoms with Crippen molar-refractivity contribution in [2.45, 2.75) is 13.0 Å². The van der Waals surface area contributed by atoms with Gasteiger partial charge in [-0.15, -0.1) is 11.3 Å². The first-order chi connectivity index (χ1) is 10.2. The van der Waals surface area contributed by atoms with Gasteiger partial charge in [-0.05, 0) is 31.2 Å². The van der Waals surface area contributed by atoms with E-state index in [1.165, 1.54) is 4.88 Å². The Balaban J connectivity index is 1.58. The van der Waals surface area contributed by atoms with Crippen LogP contribution in [0.2, 0.25) is 0 Å². The molecule has 0 saturated heterocycles. The number of hydrogen-bond donors (Lipinski definition) is 1. The zero-order valence-corrected chi connectivity index (χ0v) is 12.2. The maximum Gasteiger partial charge on any atom is 0.284 e. The van der Waals surface area contributed by atoms with Gasteiger partial charge in [0.2, 0.25) is 6.10 Å². The number of nitrogens with one attached hydrogen (secondary N) is 1. The summed E-state index contributed by atoms with van der Waals surface area (Å²) in [6.45, 7) is 2.20. The highest BCUT2D eigenvalue weighted by Crippen LogP contribution is 2.30. The Morgan fingerprint density at radius 1 is 1.33 bits per heavy atom. The van der Waals surface area contributed by atoms with Gasteiger partial charge in [0.25, 0.3) is 5.91 Å². The van der Waals surface area contributed by atoms with Gasteiger partial charge >= 0.3 is 0 Å². The molecule has 0 bridgehead atoms. The Hall–Kier alpha value is -2.34. The van der Waals surface area contributed by atoms with Crippen LogP contribution >= 0.6 is 11.3 Å². The normalized spacial score (nSPS) is 16.9. The molecule has 2 aromatic rings. The van der Waals surface area contributed by atoms with E-state index < -0.39 is 6.10 Å². The number of aryl methyl sites for hydroxylation is 1. The molecular weight excluding hydrogens is 288 g/mol. The molecule has 0 fully saturated rings. The molecule has 0 aliphatic carbocycles. The highest BCUT2D eigenvalue weighted by Gasteiger charge is 2.26. The molecule has 0 radical (unpaired) electrons. The zero-order chi connectivity index (χ0) is 14.7. The number of amides is 1. The smallest absolute Gasteiger partial charge is 0.284 e. The summed E-state index contributed by atoms with van der Waals surface area (Å²) in [6, 6.07) is 11.2. The van der Waals surface area contributed by atoms with Crippen molar-refractivity contribution in [2.24, 2.45) is 5.10 Å². The summed E-state index contributed by atoms with van der Waals surface area (Å²) in [4.78, 5) is 14.2. The molecule has 21 heavy (non-hydrogen) atoms. The third kappa shape index (κ3) is 3.22. The molecule has 1 aromatic heterocycles. The first-order valence-electron chi connectivity index (χ1n) is 6.50. The molecule has 2 heterocycles. The Morgan fingerprint density at radius 3 is 2.90 bits per heavy atom. The molecular formula is C15H14N2O3S. The summed E-state index contributed by atoms with van der Waals surface area (Å²) >= 11 is 1.61. The van der Waals surface area contributed by atoms with Crippen LogP contribution in [0.25, 0.3) is 0 Å². The lowest BCUT2D eigenvalue weighted by molar-refractivity contribution is -0.130. The van der Waals surface area contributed by atoms with E-state index >= 15 is 0 Å². The van der Waals surface area contributed by atoms with Crippen LogP contribution in [0.15, 0.2) is 41.5 Å². The lowest BCUT2D eigenvalue weighted by Crippen LogP contribution is -2.42. The zero-order valence-electron chi connectivity index (χ0n) is 11.4. The van der Waals surface area contributed by atoms with E-state index in [1.54, 1.807) is 29.7 Å². The maximum absolute atomic E-state index is 12.0. The van der Waals surface area contributed by atoms with E-state index in [-0.39, 0.29) is 12.5 Å². The van der Waals surface area contributed by atoms with Gasteiger partial charge in [0, 0.05) is 9.75 Å². The molecule has 1 amide bonds. The molecule has 6 heteroatoms. The third-order valence-corrected chi connectivity index (χ3v) is 3.86. The molecule has 3 rings (SSSR count). The quantitative estimate of drug-likeness (QED) is 0.699. The first kappa shape index (κ1) is 13.6. The fraction of sp³-hybridized carbons (Fsp3) is 0.200. The summed E-state index contributed by atoms with van der Waals surface area (Å²) in [5.41, 5.74) is 2.47. The number of benzene rings is 1. The minimum absolute atomic E-state index is 0.177. The Labute approximate surface area is 126 Å². The Bertz CT molecular complexity index is 681. The first-order valence-corrected chi connectivity index (χ1v) is 7.32. The van der Waals surface area contributed by atoms with Gasteiger partial charge in [-0.1, -0.05) is 12.1 Å². The van der Waals surface area contributed by atoms with E-state index in [9.17, 15) is 4.79 Å². The molecule has 0 saturated carbocycles. The number of fused-ring (bicyclic) bond motifs is 1. The van der Waals surface area contributed by atoms with Crippen LogP contribution in [0, 0.1) is 6.92 Å². The van der Waals surface area contributed by atoms with Crippen LogP contribution in [0.5, 0.6) is 11.5 Å². The van der Waals surface area contributed by atoms with Gasteiger partial charge in [0.05, 0.1) is 6.21 Å². The van der Waals surface area contributed by atoms with Crippen molar-refractivity contribution >= 4 is 23.5 Å². The summed E-state index contributed by atoms with van der Waals surface area (Å²) in [7, 11) is 0. The molecule has 1 N–H and O–H groups in total. The standard InChI is InChI=1S/C15H14N2O3S/c1-10-6-7-11(21-10)8-16-17-15(18)14-9-19-12-4-2-3-5-13(12)20-14/h2-8,14H,9H2,1H3,(H,17,18)/b16-8-/t14-/m0/s1. The van der Waals surface area contributed by atoms with E-state index in [4.69, 9.17) is 9.47 Å². The molecule has 1 aliphatic heterocycles. The van der Waals surface area contributed by atoms with Crippen LogP contribution < -0.4 is 14.9 Å². The van der Waals surface area contributed by atoms with Crippen LogP contribution in [0.4, 0.5) is 0 Å². The molecule has 108 valence electrons. The number of hydrogen-bond acceptors (Lipinski definition) is 5. The third-order valence-electron chi connectivity index (χ3n) is 2.93. The molecule has 5 nitrogen and oxygen atoms in total. The fourth-order valence-corrected chi connectivity index (χ4v) is 2.65. The number of rotatable bonds is 3. The summed E-state index contributed by atoms with van der Waals surface area (Å²) in [6.07, 6.45) is 0.926. The second kappa shape index (κ2) is 5.97. The van der Waals surface area contributed by atoms with Crippen molar-refractivity contribution in [1.82, 2.24) is 5.43 Å². The number of hydrazone groups is 1. The van der Waals surface area contributed by atoms with E-state index in [1.807, 2.05) is 31.2 Å². The lowest BCUT2D eigenvalue weighted by Gasteiger charge is -2.24. The average molecular weight is 302 g/mol. The number of thiophene rings is 1. The number of carbonyl (C=O) groups excluding carboxylic acids is 1. The van der Waals surface area contributed by atoms with E-state index in [0.29, 0.717) is 11.5 Å². The highest BCUT2D eigenvalue weighted by molar-refractivity contribution is 7.13. The summed E-state index contributed by atoms with van der Waals surface area (Å²) in [5.74, 6) is 0.898. The molecule has 1 aliphatic rings. The van der Waals surface area contributed by atoms with E-state index in [2.05, 4.69) is 10.5 Å². The molecule has 0 spiro atoms. The van der Waals surface area contributed by atoms with Crippen molar-refractivity contribution in [3.63, 3.8) is 0 Å². The second-order valence-electron chi connectivity index (χ2n) is 4.55. The number of para-hydroxylation sites is 2. The van der Waals surface area contributed by atoms with Crippen molar-refractivity contribution in [1.29, 1.82) is 0 Å². The number of ether oxygens (including phenoxy) is 2. The molecule has 1 atom stereocenters. The monoisotopic (exact) mass is 302 g/mol. The summed E-state index contributed by atoms with van der Waals surface area (Å²) in [5, 5.41) is 3.94. The second-order valence-corrected chi connectivity index (χ2v) is 5.87. The fourth-order valence-electron chi connectivity index (χ4n) is 1.90.